The number of alkyl halides is 3. The highest BCUT2D eigenvalue weighted by molar-refractivity contribution is 7.89. The minimum Gasteiger partial charge on any atom is -0.326 e. The summed E-state index contributed by atoms with van der Waals surface area (Å²) in [4.78, 5) is 0.440. The first-order valence-corrected chi connectivity index (χ1v) is 7.45. The predicted octanol–water partition coefficient (Wildman–Crippen LogP) is 1.58. The highest BCUT2D eigenvalue weighted by Crippen LogP contribution is 2.49. The highest BCUT2D eigenvalue weighted by atomic mass is 32.2. The van der Waals surface area contributed by atoms with Crippen LogP contribution in [0.4, 0.5) is 13.2 Å². The Kier molecular flexibility index (Phi) is 3.21. The Morgan fingerprint density at radius 3 is 2.44 bits per heavy atom. The molecule has 0 saturated heterocycles. The van der Waals surface area contributed by atoms with Gasteiger partial charge in [0.15, 0.2) is 0 Å². The smallest absolute Gasteiger partial charge is 0.326 e. The minimum atomic E-state index is -4.56. The number of nitrogens with two attached hydrogens (primary N) is 1. The van der Waals surface area contributed by atoms with E-state index in [1.165, 1.54) is 11.4 Å². The van der Waals surface area contributed by atoms with E-state index in [-0.39, 0.29) is 24.3 Å². The van der Waals surface area contributed by atoms with Gasteiger partial charge in [0.05, 0.1) is 4.90 Å². The zero-order chi connectivity index (χ0) is 13.6. The topological polar surface area (TPSA) is 72.2 Å². The third kappa shape index (κ3) is 2.40. The van der Waals surface area contributed by atoms with E-state index in [0.717, 1.165) is 11.3 Å². The number of hydrogen-bond donors (Lipinski definition) is 2. The first-order chi connectivity index (χ1) is 8.20. The predicted molar refractivity (Wildman–Crippen MR) is 60.6 cm³/mol. The molecule has 0 unspecified atom stereocenters. The van der Waals surface area contributed by atoms with Gasteiger partial charge in [-0.15, -0.1) is 11.3 Å². The summed E-state index contributed by atoms with van der Waals surface area (Å²) in [6, 6.07) is 1.29. The maximum atomic E-state index is 12.7. The standard InChI is InChI=1S/C9H11F3N2O2S2/c10-9(11,12)8(1-2-8)14-18(15,16)7-3-6(4-13)17-5-7/h3,5,14H,1-2,4,13H2. The van der Waals surface area contributed by atoms with E-state index in [2.05, 4.69) is 0 Å². The Balaban J connectivity index is 2.23. The molecule has 3 N–H and O–H groups in total. The zero-order valence-electron chi connectivity index (χ0n) is 9.12. The maximum Gasteiger partial charge on any atom is 0.407 e. The van der Waals surface area contributed by atoms with Gasteiger partial charge in [0.25, 0.3) is 0 Å². The largest absolute Gasteiger partial charge is 0.407 e. The average Bonchev–Trinajstić information content (AvgIpc) is 2.86. The molecule has 0 amide bonds. The Morgan fingerprint density at radius 2 is 2.06 bits per heavy atom. The van der Waals surface area contributed by atoms with Gasteiger partial charge in [0, 0.05) is 16.8 Å². The normalized spacial score (nSPS) is 18.9. The van der Waals surface area contributed by atoms with Gasteiger partial charge in [-0.2, -0.15) is 17.9 Å². The fourth-order valence-electron chi connectivity index (χ4n) is 1.49. The molecule has 1 aliphatic rings. The van der Waals surface area contributed by atoms with Gasteiger partial charge in [-0.25, -0.2) is 8.42 Å². The van der Waals surface area contributed by atoms with Crippen LogP contribution in [0.1, 0.15) is 17.7 Å². The molecule has 1 saturated carbocycles. The van der Waals surface area contributed by atoms with Crippen molar-refractivity contribution in [1.29, 1.82) is 0 Å². The van der Waals surface area contributed by atoms with Crippen molar-refractivity contribution >= 4 is 21.4 Å². The second-order valence-corrected chi connectivity index (χ2v) is 6.82. The molecule has 0 radical (unpaired) electrons. The second-order valence-electron chi connectivity index (χ2n) is 4.14. The molecule has 1 aromatic heterocycles. The van der Waals surface area contributed by atoms with Crippen molar-refractivity contribution in [1.82, 2.24) is 4.72 Å². The van der Waals surface area contributed by atoms with Gasteiger partial charge >= 0.3 is 6.18 Å². The van der Waals surface area contributed by atoms with Gasteiger partial charge in [0.1, 0.15) is 5.54 Å². The summed E-state index contributed by atoms with van der Waals surface area (Å²) in [6.07, 6.45) is -5.00. The van der Waals surface area contributed by atoms with Gasteiger partial charge in [-0.05, 0) is 18.9 Å². The van der Waals surface area contributed by atoms with Crippen molar-refractivity contribution in [2.75, 3.05) is 0 Å². The quantitative estimate of drug-likeness (QED) is 0.887. The lowest BCUT2D eigenvalue weighted by molar-refractivity contribution is -0.160. The fraction of sp³-hybridized carbons (Fsp3) is 0.556. The average molecular weight is 300 g/mol. The van der Waals surface area contributed by atoms with Crippen LogP contribution < -0.4 is 10.5 Å². The van der Waals surface area contributed by atoms with Crippen LogP contribution in [0.3, 0.4) is 0 Å². The molecule has 1 heterocycles. The van der Waals surface area contributed by atoms with Crippen LogP contribution in [0.15, 0.2) is 16.3 Å². The minimum absolute atomic E-state index is 0.157. The van der Waals surface area contributed by atoms with Crippen molar-refractivity contribution in [3.8, 4) is 0 Å². The zero-order valence-corrected chi connectivity index (χ0v) is 10.8. The number of thiophene rings is 1. The summed E-state index contributed by atoms with van der Waals surface area (Å²) in [6.45, 7) is 0.157. The van der Waals surface area contributed by atoms with Crippen molar-refractivity contribution in [3.05, 3.63) is 16.3 Å². The second kappa shape index (κ2) is 4.19. The lowest BCUT2D eigenvalue weighted by Gasteiger charge is -2.20. The van der Waals surface area contributed by atoms with E-state index in [0.29, 0.717) is 4.88 Å². The number of nitrogens with one attached hydrogen (secondary N) is 1. The van der Waals surface area contributed by atoms with Gasteiger partial charge in [-0.1, -0.05) is 0 Å². The van der Waals surface area contributed by atoms with E-state index in [4.69, 9.17) is 5.73 Å². The SMILES string of the molecule is NCc1cc(S(=O)(=O)NC2(C(F)(F)F)CC2)cs1. The summed E-state index contributed by atoms with van der Waals surface area (Å²) in [5, 5.41) is 1.29. The van der Waals surface area contributed by atoms with Crippen LogP contribution in [0.25, 0.3) is 0 Å². The molecular weight excluding hydrogens is 289 g/mol. The van der Waals surface area contributed by atoms with E-state index in [1.54, 1.807) is 4.72 Å². The molecule has 1 aromatic rings. The summed E-state index contributed by atoms with van der Waals surface area (Å²) >= 11 is 1.10. The van der Waals surface area contributed by atoms with E-state index in [9.17, 15) is 21.6 Å². The summed E-state index contributed by atoms with van der Waals surface area (Å²) < 4.78 is 63.4. The van der Waals surface area contributed by atoms with Crippen LogP contribution in [0.2, 0.25) is 0 Å². The third-order valence-electron chi connectivity index (χ3n) is 2.76. The van der Waals surface area contributed by atoms with Crippen LogP contribution >= 0.6 is 11.3 Å². The van der Waals surface area contributed by atoms with Gasteiger partial charge in [-0.3, -0.25) is 0 Å². The lowest BCUT2D eigenvalue weighted by atomic mass is 10.3. The summed E-state index contributed by atoms with van der Waals surface area (Å²) in [5.41, 5.74) is 3.05. The lowest BCUT2D eigenvalue weighted by Crippen LogP contribution is -2.47. The van der Waals surface area contributed by atoms with Gasteiger partial charge in [0.2, 0.25) is 10.0 Å². The van der Waals surface area contributed by atoms with Crippen molar-refractivity contribution in [2.45, 2.75) is 36.0 Å². The number of halogens is 3. The summed E-state index contributed by atoms with van der Waals surface area (Å²) in [7, 11) is -4.14. The molecule has 0 spiro atoms. The number of hydrogen-bond acceptors (Lipinski definition) is 4. The Morgan fingerprint density at radius 1 is 1.44 bits per heavy atom. The van der Waals surface area contributed by atoms with E-state index >= 15 is 0 Å². The van der Waals surface area contributed by atoms with Crippen LogP contribution in [0, 0.1) is 0 Å². The Bertz CT molecular complexity index is 546. The molecule has 0 aliphatic heterocycles. The first kappa shape index (κ1) is 13.8. The molecule has 1 aliphatic carbocycles. The maximum absolute atomic E-state index is 12.7. The molecule has 2 rings (SSSR count). The van der Waals surface area contributed by atoms with Crippen molar-refractivity contribution < 1.29 is 21.6 Å². The molecule has 1 fully saturated rings. The summed E-state index contributed by atoms with van der Waals surface area (Å²) in [5.74, 6) is 0. The van der Waals surface area contributed by atoms with Crippen molar-refractivity contribution in [3.63, 3.8) is 0 Å². The van der Waals surface area contributed by atoms with E-state index < -0.39 is 21.7 Å². The van der Waals surface area contributed by atoms with Crippen molar-refractivity contribution in [2.24, 2.45) is 5.73 Å². The van der Waals surface area contributed by atoms with Gasteiger partial charge < -0.3 is 5.73 Å². The molecule has 102 valence electrons. The molecule has 9 heteroatoms. The van der Waals surface area contributed by atoms with E-state index in [1.807, 2.05) is 0 Å². The van der Waals surface area contributed by atoms with Crippen LogP contribution in [-0.4, -0.2) is 20.1 Å². The monoisotopic (exact) mass is 300 g/mol. The molecule has 4 nitrogen and oxygen atoms in total. The molecule has 0 aromatic carbocycles. The molecule has 0 atom stereocenters. The molecular formula is C9H11F3N2O2S2. The third-order valence-corrected chi connectivity index (χ3v) is 5.39. The number of sulfonamides is 1. The first-order valence-electron chi connectivity index (χ1n) is 5.08. The highest BCUT2D eigenvalue weighted by Gasteiger charge is 2.65. The Hall–Kier alpha value is -0.640. The fourth-order valence-corrected chi connectivity index (χ4v) is 4.09. The van der Waals surface area contributed by atoms with Crippen LogP contribution in [0.5, 0.6) is 0 Å². The molecule has 18 heavy (non-hydrogen) atoms. The number of rotatable bonds is 4. The molecule has 0 bridgehead atoms. The Labute approximate surface area is 106 Å². The van der Waals surface area contributed by atoms with Crippen LogP contribution in [-0.2, 0) is 16.6 Å².